The predicted octanol–water partition coefficient (Wildman–Crippen LogP) is 1.92. The monoisotopic (exact) mass is 265 g/mol. The van der Waals surface area contributed by atoms with Gasteiger partial charge in [-0.15, -0.1) is 0 Å². The molecular weight excluding hydrogens is 246 g/mol. The topological polar surface area (TPSA) is 49.3 Å². The first kappa shape index (κ1) is 13.6. The molecule has 0 radical (unpaired) electrons. The van der Waals surface area contributed by atoms with E-state index in [2.05, 4.69) is 5.32 Å². The highest BCUT2D eigenvalue weighted by molar-refractivity contribution is 8.14. The van der Waals surface area contributed by atoms with E-state index in [1.807, 2.05) is 37.4 Å². The van der Waals surface area contributed by atoms with E-state index in [-0.39, 0.29) is 16.5 Å². The lowest BCUT2D eigenvalue weighted by Crippen LogP contribution is -2.17. The maximum Gasteiger partial charge on any atom is 0.219 e. The molecule has 0 bridgehead atoms. The first-order valence-electron chi connectivity index (χ1n) is 6.29. The van der Waals surface area contributed by atoms with Crippen LogP contribution in [-0.4, -0.2) is 35.2 Å². The second-order valence-electron chi connectivity index (χ2n) is 4.77. The standard InChI is InChI=1S/C14H19NO2S/c1-15-9-10-7-12(16)13(8-10)18-14(17)11-5-3-2-4-6-11/h2-6,10,12-13,15-16H,7-9H2,1H3/t10-,12-,13-/m0/s1. The minimum atomic E-state index is -0.360. The summed E-state index contributed by atoms with van der Waals surface area (Å²) in [7, 11) is 1.92. The minimum Gasteiger partial charge on any atom is -0.392 e. The highest BCUT2D eigenvalue weighted by Gasteiger charge is 2.34. The Bertz CT molecular complexity index is 396. The zero-order chi connectivity index (χ0) is 13.0. The van der Waals surface area contributed by atoms with Gasteiger partial charge in [0.1, 0.15) is 0 Å². The van der Waals surface area contributed by atoms with E-state index < -0.39 is 0 Å². The maximum absolute atomic E-state index is 12.0. The molecule has 4 heteroatoms. The number of aliphatic hydroxyl groups is 1. The molecule has 1 fully saturated rings. The molecular formula is C14H19NO2S. The molecule has 98 valence electrons. The van der Waals surface area contributed by atoms with Gasteiger partial charge < -0.3 is 10.4 Å². The van der Waals surface area contributed by atoms with Crippen molar-refractivity contribution in [3.05, 3.63) is 35.9 Å². The molecule has 1 aromatic carbocycles. The molecule has 1 aliphatic carbocycles. The van der Waals surface area contributed by atoms with Crippen molar-refractivity contribution in [2.75, 3.05) is 13.6 Å². The lowest BCUT2D eigenvalue weighted by Gasteiger charge is -2.12. The molecule has 0 saturated heterocycles. The summed E-state index contributed by atoms with van der Waals surface area (Å²) in [4.78, 5) is 12.0. The fraction of sp³-hybridized carbons (Fsp3) is 0.500. The zero-order valence-corrected chi connectivity index (χ0v) is 11.3. The Balaban J connectivity index is 1.92. The smallest absolute Gasteiger partial charge is 0.219 e. The fourth-order valence-corrected chi connectivity index (χ4v) is 3.62. The Morgan fingerprint density at radius 1 is 1.39 bits per heavy atom. The molecule has 0 aromatic heterocycles. The number of thioether (sulfide) groups is 1. The van der Waals surface area contributed by atoms with Gasteiger partial charge in [0.25, 0.3) is 0 Å². The van der Waals surface area contributed by atoms with Gasteiger partial charge in [-0.2, -0.15) is 0 Å². The highest BCUT2D eigenvalue weighted by atomic mass is 32.2. The predicted molar refractivity (Wildman–Crippen MR) is 74.8 cm³/mol. The number of carbonyl (C=O) groups excluding carboxylic acids is 1. The summed E-state index contributed by atoms with van der Waals surface area (Å²) < 4.78 is 0. The first-order valence-corrected chi connectivity index (χ1v) is 7.17. The van der Waals surface area contributed by atoms with Gasteiger partial charge >= 0.3 is 0 Å². The van der Waals surface area contributed by atoms with Crippen LogP contribution in [0.1, 0.15) is 23.2 Å². The summed E-state index contributed by atoms with van der Waals surface area (Å²) in [6, 6.07) is 9.27. The lowest BCUT2D eigenvalue weighted by atomic mass is 10.1. The van der Waals surface area contributed by atoms with Crippen LogP contribution in [0.4, 0.5) is 0 Å². The molecule has 3 atom stereocenters. The van der Waals surface area contributed by atoms with E-state index in [1.165, 1.54) is 11.8 Å². The van der Waals surface area contributed by atoms with Gasteiger partial charge in [0.15, 0.2) is 0 Å². The number of aliphatic hydroxyl groups excluding tert-OH is 1. The maximum atomic E-state index is 12.0. The third-order valence-corrected chi connectivity index (χ3v) is 4.59. The van der Waals surface area contributed by atoms with Crippen molar-refractivity contribution in [1.82, 2.24) is 5.32 Å². The number of nitrogens with one attached hydrogen (secondary N) is 1. The van der Waals surface area contributed by atoms with E-state index in [0.717, 1.165) is 19.4 Å². The molecule has 0 aliphatic heterocycles. The average Bonchev–Trinajstić information content (AvgIpc) is 2.71. The van der Waals surface area contributed by atoms with Crippen LogP contribution >= 0.6 is 11.8 Å². The normalized spacial score (nSPS) is 27.3. The quantitative estimate of drug-likeness (QED) is 0.873. The molecule has 2 rings (SSSR count). The zero-order valence-electron chi connectivity index (χ0n) is 10.5. The number of hydrogen-bond acceptors (Lipinski definition) is 4. The molecule has 2 N–H and O–H groups in total. The van der Waals surface area contributed by atoms with Gasteiger partial charge in [0.2, 0.25) is 5.12 Å². The summed E-state index contributed by atoms with van der Waals surface area (Å²) in [5.41, 5.74) is 0.715. The Kier molecular flexibility index (Phi) is 4.80. The van der Waals surface area contributed by atoms with Crippen LogP contribution < -0.4 is 5.32 Å². The van der Waals surface area contributed by atoms with Crippen molar-refractivity contribution in [1.29, 1.82) is 0 Å². The average molecular weight is 265 g/mol. The van der Waals surface area contributed by atoms with Crippen LogP contribution in [0, 0.1) is 5.92 Å². The van der Waals surface area contributed by atoms with E-state index in [4.69, 9.17) is 0 Å². The van der Waals surface area contributed by atoms with Crippen LogP contribution in [0.2, 0.25) is 0 Å². The minimum absolute atomic E-state index is 0.0380. The summed E-state index contributed by atoms with van der Waals surface area (Å²) in [5, 5.41) is 13.2. The van der Waals surface area contributed by atoms with E-state index in [0.29, 0.717) is 11.5 Å². The fourth-order valence-electron chi connectivity index (χ4n) is 2.44. The highest BCUT2D eigenvalue weighted by Crippen LogP contribution is 2.35. The van der Waals surface area contributed by atoms with Crippen molar-refractivity contribution >= 4 is 16.9 Å². The number of hydrogen-bond donors (Lipinski definition) is 2. The number of rotatable bonds is 4. The van der Waals surface area contributed by atoms with E-state index in [1.54, 1.807) is 0 Å². The van der Waals surface area contributed by atoms with Crippen LogP contribution in [0.15, 0.2) is 30.3 Å². The van der Waals surface area contributed by atoms with Gasteiger partial charge in [0.05, 0.1) is 6.10 Å². The van der Waals surface area contributed by atoms with Crippen LogP contribution in [0.25, 0.3) is 0 Å². The Morgan fingerprint density at radius 3 is 2.78 bits per heavy atom. The van der Waals surface area contributed by atoms with Gasteiger partial charge in [-0.3, -0.25) is 4.79 Å². The SMILES string of the molecule is CNC[C@@H]1C[C@H](SC(=O)c2ccccc2)[C@@H](O)C1. The van der Waals surface area contributed by atoms with Gasteiger partial charge in [-0.05, 0) is 32.4 Å². The van der Waals surface area contributed by atoms with Gasteiger partial charge in [-0.25, -0.2) is 0 Å². The van der Waals surface area contributed by atoms with Crippen LogP contribution in [0.3, 0.4) is 0 Å². The van der Waals surface area contributed by atoms with Crippen molar-refractivity contribution in [3.8, 4) is 0 Å². The third-order valence-electron chi connectivity index (χ3n) is 3.33. The molecule has 0 heterocycles. The first-order chi connectivity index (χ1) is 8.70. The van der Waals surface area contributed by atoms with Gasteiger partial charge in [0, 0.05) is 10.8 Å². The molecule has 18 heavy (non-hydrogen) atoms. The summed E-state index contributed by atoms with van der Waals surface area (Å²) in [5.74, 6) is 0.478. The van der Waals surface area contributed by atoms with E-state index in [9.17, 15) is 9.90 Å². The number of carbonyl (C=O) groups is 1. The Hall–Kier alpha value is -0.840. The molecule has 1 saturated carbocycles. The molecule has 1 aromatic rings. The second kappa shape index (κ2) is 6.36. The van der Waals surface area contributed by atoms with Crippen molar-refractivity contribution < 1.29 is 9.90 Å². The largest absolute Gasteiger partial charge is 0.392 e. The molecule has 0 amide bonds. The van der Waals surface area contributed by atoms with E-state index >= 15 is 0 Å². The molecule has 3 nitrogen and oxygen atoms in total. The summed E-state index contributed by atoms with van der Waals surface area (Å²) in [6.45, 7) is 0.910. The van der Waals surface area contributed by atoms with Crippen molar-refractivity contribution in [2.24, 2.45) is 5.92 Å². The number of benzene rings is 1. The van der Waals surface area contributed by atoms with Crippen LogP contribution in [0.5, 0.6) is 0 Å². The molecule has 0 unspecified atom stereocenters. The van der Waals surface area contributed by atoms with Crippen LogP contribution in [-0.2, 0) is 0 Å². The Morgan fingerprint density at radius 2 is 2.11 bits per heavy atom. The van der Waals surface area contributed by atoms with Gasteiger partial charge in [-0.1, -0.05) is 42.1 Å². The van der Waals surface area contributed by atoms with Crippen molar-refractivity contribution in [3.63, 3.8) is 0 Å². The van der Waals surface area contributed by atoms with Crippen molar-refractivity contribution in [2.45, 2.75) is 24.2 Å². The second-order valence-corrected chi connectivity index (χ2v) is 5.98. The molecule has 0 spiro atoms. The third kappa shape index (κ3) is 3.34. The Labute approximate surface area is 112 Å². The molecule has 1 aliphatic rings. The summed E-state index contributed by atoms with van der Waals surface area (Å²) >= 11 is 1.28. The summed E-state index contributed by atoms with van der Waals surface area (Å²) in [6.07, 6.45) is 1.34. The lowest BCUT2D eigenvalue weighted by molar-refractivity contribution is 0.108.